The molecule has 0 aromatic rings. The number of carboxylic acids is 1. The predicted molar refractivity (Wildman–Crippen MR) is 32.6 cm³/mol. The number of carbonyl (C=O) groups is 1. The Balaban J connectivity index is 2.35. The van der Waals surface area contributed by atoms with Crippen molar-refractivity contribution in [2.75, 3.05) is 13.2 Å². The molecule has 1 rings (SSSR count). The molecule has 1 fully saturated rings. The Bertz CT molecular complexity index is 115. The Morgan fingerprint density at radius 2 is 1.80 bits per heavy atom. The molecule has 0 radical (unpaired) electrons. The minimum absolute atomic E-state index is 0.483. The zero-order valence-corrected chi connectivity index (χ0v) is 5.58. The summed E-state index contributed by atoms with van der Waals surface area (Å²) in [6.07, 6.45) is 0.718. The van der Waals surface area contributed by atoms with E-state index in [-0.39, 0.29) is 0 Å². The quantitative estimate of drug-likeness (QED) is 0.575. The van der Waals surface area contributed by atoms with Crippen molar-refractivity contribution in [2.45, 2.75) is 19.1 Å². The standard InChI is InChI=1S/C6H10O4/c7-5(8)6-9-3-1-2-4-10-6/h6H,1-4H2,(H,7,8). The zero-order valence-electron chi connectivity index (χ0n) is 5.58. The molecule has 4 nitrogen and oxygen atoms in total. The molecule has 0 saturated carbocycles. The van der Waals surface area contributed by atoms with Gasteiger partial charge < -0.3 is 14.6 Å². The molecule has 10 heavy (non-hydrogen) atoms. The molecule has 0 aliphatic carbocycles. The molecule has 4 heteroatoms. The molecule has 0 aromatic heterocycles. The average molecular weight is 146 g/mol. The first kappa shape index (κ1) is 7.50. The van der Waals surface area contributed by atoms with Crippen LogP contribution in [0.1, 0.15) is 12.8 Å². The first-order valence-electron chi connectivity index (χ1n) is 3.27. The highest BCUT2D eigenvalue weighted by Crippen LogP contribution is 2.04. The van der Waals surface area contributed by atoms with Gasteiger partial charge in [0.2, 0.25) is 0 Å². The highest BCUT2D eigenvalue weighted by atomic mass is 16.7. The van der Waals surface area contributed by atoms with E-state index >= 15 is 0 Å². The number of rotatable bonds is 1. The summed E-state index contributed by atoms with van der Waals surface area (Å²) in [5, 5.41) is 8.41. The second-order valence-corrected chi connectivity index (χ2v) is 2.12. The van der Waals surface area contributed by atoms with Gasteiger partial charge in [-0.05, 0) is 12.8 Å². The third-order valence-corrected chi connectivity index (χ3v) is 1.28. The van der Waals surface area contributed by atoms with Crippen molar-refractivity contribution in [2.24, 2.45) is 0 Å². The monoisotopic (exact) mass is 146 g/mol. The Hall–Kier alpha value is -0.610. The smallest absolute Gasteiger partial charge is 0.361 e. The van der Waals surface area contributed by atoms with Crippen LogP contribution in [0.4, 0.5) is 0 Å². The lowest BCUT2D eigenvalue weighted by molar-refractivity contribution is -0.183. The van der Waals surface area contributed by atoms with Crippen LogP contribution in [0.3, 0.4) is 0 Å². The van der Waals surface area contributed by atoms with Crippen LogP contribution in [0.2, 0.25) is 0 Å². The van der Waals surface area contributed by atoms with Crippen molar-refractivity contribution < 1.29 is 19.4 Å². The van der Waals surface area contributed by atoms with Gasteiger partial charge in [0, 0.05) is 0 Å². The van der Waals surface area contributed by atoms with Gasteiger partial charge in [0.1, 0.15) is 0 Å². The van der Waals surface area contributed by atoms with Crippen molar-refractivity contribution in [1.82, 2.24) is 0 Å². The van der Waals surface area contributed by atoms with Gasteiger partial charge in [-0.15, -0.1) is 0 Å². The molecule has 0 aromatic carbocycles. The van der Waals surface area contributed by atoms with E-state index in [0.29, 0.717) is 13.2 Å². The van der Waals surface area contributed by atoms with E-state index in [0.717, 1.165) is 12.8 Å². The fourth-order valence-electron chi connectivity index (χ4n) is 0.776. The minimum Gasteiger partial charge on any atom is -0.477 e. The Morgan fingerprint density at radius 3 is 2.20 bits per heavy atom. The van der Waals surface area contributed by atoms with Crippen LogP contribution in [0, 0.1) is 0 Å². The third kappa shape index (κ3) is 1.97. The van der Waals surface area contributed by atoms with E-state index in [1.807, 2.05) is 0 Å². The van der Waals surface area contributed by atoms with Crippen LogP contribution in [0.5, 0.6) is 0 Å². The second-order valence-electron chi connectivity index (χ2n) is 2.12. The van der Waals surface area contributed by atoms with E-state index in [4.69, 9.17) is 14.6 Å². The normalized spacial score (nSPS) is 22.0. The van der Waals surface area contributed by atoms with Gasteiger partial charge >= 0.3 is 5.97 Å². The van der Waals surface area contributed by atoms with Crippen LogP contribution in [0.15, 0.2) is 0 Å². The van der Waals surface area contributed by atoms with E-state index in [1.54, 1.807) is 0 Å². The molecule has 1 aliphatic rings. The molecule has 1 saturated heterocycles. The Labute approximate surface area is 58.7 Å². The maximum Gasteiger partial charge on any atom is 0.361 e. The van der Waals surface area contributed by atoms with Crippen molar-refractivity contribution in [3.05, 3.63) is 0 Å². The van der Waals surface area contributed by atoms with E-state index < -0.39 is 12.3 Å². The lowest BCUT2D eigenvalue weighted by atomic mass is 10.3. The predicted octanol–water partition coefficient (Wildman–Crippen LogP) is 0.224. The maximum absolute atomic E-state index is 10.3. The van der Waals surface area contributed by atoms with Gasteiger partial charge in [-0.3, -0.25) is 0 Å². The topological polar surface area (TPSA) is 55.8 Å². The van der Waals surface area contributed by atoms with Gasteiger partial charge in [0.25, 0.3) is 6.29 Å². The summed E-state index contributed by atoms with van der Waals surface area (Å²) >= 11 is 0. The Morgan fingerprint density at radius 1 is 1.30 bits per heavy atom. The van der Waals surface area contributed by atoms with E-state index in [9.17, 15) is 4.79 Å². The molecule has 0 unspecified atom stereocenters. The fraction of sp³-hybridized carbons (Fsp3) is 0.833. The SMILES string of the molecule is O=C(O)C1OCCCCO1. The molecule has 0 spiro atoms. The summed E-state index contributed by atoms with van der Waals surface area (Å²) in [5.41, 5.74) is 0. The Kier molecular flexibility index (Phi) is 2.65. The van der Waals surface area contributed by atoms with Gasteiger partial charge in [-0.2, -0.15) is 0 Å². The minimum atomic E-state index is -1.04. The number of aliphatic carboxylic acids is 1. The molecular weight excluding hydrogens is 136 g/mol. The molecule has 1 N–H and O–H groups in total. The second kappa shape index (κ2) is 3.53. The molecular formula is C6H10O4. The lowest BCUT2D eigenvalue weighted by Gasteiger charge is -2.08. The largest absolute Gasteiger partial charge is 0.477 e. The van der Waals surface area contributed by atoms with Crippen LogP contribution >= 0.6 is 0 Å². The van der Waals surface area contributed by atoms with Crippen molar-refractivity contribution in [3.63, 3.8) is 0 Å². The van der Waals surface area contributed by atoms with Crippen LogP contribution < -0.4 is 0 Å². The summed E-state index contributed by atoms with van der Waals surface area (Å²) in [4.78, 5) is 10.3. The van der Waals surface area contributed by atoms with Crippen LogP contribution in [-0.2, 0) is 14.3 Å². The fourth-order valence-corrected chi connectivity index (χ4v) is 0.776. The van der Waals surface area contributed by atoms with Gasteiger partial charge in [-0.1, -0.05) is 0 Å². The van der Waals surface area contributed by atoms with Gasteiger partial charge in [-0.25, -0.2) is 4.79 Å². The molecule has 0 atom stereocenters. The molecule has 0 amide bonds. The maximum atomic E-state index is 10.3. The van der Waals surface area contributed by atoms with Crippen molar-refractivity contribution in [3.8, 4) is 0 Å². The molecule has 58 valence electrons. The average Bonchev–Trinajstić information content (AvgIpc) is 2.12. The third-order valence-electron chi connectivity index (χ3n) is 1.28. The summed E-state index contributed by atoms with van der Waals surface area (Å²) < 4.78 is 9.69. The van der Waals surface area contributed by atoms with Crippen LogP contribution in [0.25, 0.3) is 0 Å². The number of hydrogen-bond acceptors (Lipinski definition) is 3. The molecule has 1 heterocycles. The highest BCUT2D eigenvalue weighted by molar-refractivity contribution is 5.70. The number of hydrogen-bond donors (Lipinski definition) is 1. The number of carboxylic acid groups (broad SMARTS) is 1. The first-order chi connectivity index (χ1) is 4.80. The summed E-state index contributed by atoms with van der Waals surface area (Å²) in [6, 6.07) is 0. The highest BCUT2D eigenvalue weighted by Gasteiger charge is 2.19. The summed E-state index contributed by atoms with van der Waals surface area (Å²) in [6.45, 7) is 0.966. The van der Waals surface area contributed by atoms with Crippen molar-refractivity contribution >= 4 is 5.97 Å². The number of ether oxygens (including phenoxy) is 2. The lowest BCUT2D eigenvalue weighted by Crippen LogP contribution is -2.25. The van der Waals surface area contributed by atoms with Crippen molar-refractivity contribution in [1.29, 1.82) is 0 Å². The zero-order chi connectivity index (χ0) is 7.40. The van der Waals surface area contributed by atoms with Crippen LogP contribution in [-0.4, -0.2) is 30.6 Å². The van der Waals surface area contributed by atoms with Gasteiger partial charge in [0.15, 0.2) is 0 Å². The molecule has 0 bridgehead atoms. The van der Waals surface area contributed by atoms with Gasteiger partial charge in [0.05, 0.1) is 13.2 Å². The summed E-state index contributed by atoms with van der Waals surface area (Å²) in [5.74, 6) is -1.04. The van der Waals surface area contributed by atoms with E-state index in [1.165, 1.54) is 0 Å². The summed E-state index contributed by atoms with van der Waals surface area (Å²) in [7, 11) is 0. The van der Waals surface area contributed by atoms with E-state index in [2.05, 4.69) is 0 Å². The molecule has 1 aliphatic heterocycles. The first-order valence-corrected chi connectivity index (χ1v) is 3.27.